The molecule has 1 aromatic heterocycles. The van der Waals surface area contributed by atoms with E-state index < -0.39 is 12.1 Å². The van der Waals surface area contributed by atoms with Crippen LogP contribution in [0, 0.1) is 0 Å². The first-order valence-corrected chi connectivity index (χ1v) is 8.85. The predicted molar refractivity (Wildman–Crippen MR) is 88.5 cm³/mol. The fourth-order valence-corrected chi connectivity index (χ4v) is 3.50. The van der Waals surface area contributed by atoms with Crippen LogP contribution in [0.3, 0.4) is 0 Å². The number of thiophene rings is 1. The van der Waals surface area contributed by atoms with Gasteiger partial charge in [0.05, 0.1) is 17.0 Å². The maximum atomic E-state index is 12.7. The molecule has 0 fully saturated rings. The summed E-state index contributed by atoms with van der Waals surface area (Å²) in [4.78, 5) is 23.9. The zero-order valence-corrected chi connectivity index (χ0v) is 14.4. The summed E-state index contributed by atoms with van der Waals surface area (Å²) in [6.45, 7) is 0.0609. The molecular weight excluding hydrogens is 369 g/mol. The van der Waals surface area contributed by atoms with Gasteiger partial charge in [-0.05, 0) is 48.4 Å². The molecule has 0 bridgehead atoms. The van der Waals surface area contributed by atoms with Crippen LogP contribution < -0.4 is 4.74 Å². The molecule has 3 rings (SSSR count). The Morgan fingerprint density at radius 3 is 2.81 bits per heavy atom. The number of aryl methyl sites for hydroxylation is 1. The Kier molecular flexibility index (Phi) is 5.31. The SMILES string of the molecule is O=C1c2cc(CCCCOC(=O)C(F)(F)F)ccc2OCc2ccsc21. The molecule has 0 atom stereocenters. The molecule has 8 heteroatoms. The Hall–Kier alpha value is -2.35. The van der Waals surface area contributed by atoms with Gasteiger partial charge in [-0.15, -0.1) is 11.3 Å². The average molecular weight is 384 g/mol. The van der Waals surface area contributed by atoms with E-state index in [0.29, 0.717) is 42.1 Å². The van der Waals surface area contributed by atoms with E-state index in [9.17, 15) is 22.8 Å². The van der Waals surface area contributed by atoms with Crippen LogP contribution in [0.15, 0.2) is 29.6 Å². The molecule has 0 unspecified atom stereocenters. The number of hydrogen-bond acceptors (Lipinski definition) is 5. The van der Waals surface area contributed by atoms with E-state index in [2.05, 4.69) is 4.74 Å². The lowest BCUT2D eigenvalue weighted by Gasteiger charge is -2.09. The number of halogens is 3. The first-order chi connectivity index (χ1) is 12.4. The number of esters is 1. The Labute approximate surface area is 151 Å². The second kappa shape index (κ2) is 7.49. The van der Waals surface area contributed by atoms with Gasteiger partial charge < -0.3 is 9.47 Å². The summed E-state index contributed by atoms with van der Waals surface area (Å²) in [7, 11) is 0. The van der Waals surface area contributed by atoms with Crippen molar-refractivity contribution in [3.63, 3.8) is 0 Å². The van der Waals surface area contributed by atoms with Crippen molar-refractivity contribution in [1.82, 2.24) is 0 Å². The van der Waals surface area contributed by atoms with E-state index in [-0.39, 0.29) is 12.4 Å². The van der Waals surface area contributed by atoms with Gasteiger partial charge in [0.2, 0.25) is 5.78 Å². The molecule has 2 aromatic rings. The molecule has 0 saturated heterocycles. The minimum Gasteiger partial charge on any atom is -0.488 e. The van der Waals surface area contributed by atoms with Crippen molar-refractivity contribution in [2.75, 3.05) is 6.61 Å². The lowest BCUT2D eigenvalue weighted by atomic mass is 10.0. The minimum absolute atomic E-state index is 0.0801. The summed E-state index contributed by atoms with van der Waals surface area (Å²) >= 11 is 1.38. The van der Waals surface area contributed by atoms with Crippen LogP contribution in [-0.4, -0.2) is 24.5 Å². The lowest BCUT2D eigenvalue weighted by Crippen LogP contribution is -2.25. The maximum absolute atomic E-state index is 12.7. The van der Waals surface area contributed by atoms with E-state index in [1.807, 2.05) is 17.5 Å². The van der Waals surface area contributed by atoms with Crippen molar-refractivity contribution in [3.05, 3.63) is 51.2 Å². The zero-order chi connectivity index (χ0) is 18.7. The van der Waals surface area contributed by atoms with Gasteiger partial charge in [-0.2, -0.15) is 13.2 Å². The Bertz CT molecular complexity index is 826. The third-order valence-corrected chi connectivity index (χ3v) is 4.90. The molecule has 1 aliphatic heterocycles. The molecule has 138 valence electrons. The summed E-state index contributed by atoms with van der Waals surface area (Å²) in [6, 6.07) is 7.19. The number of benzene rings is 1. The number of hydrogen-bond donors (Lipinski definition) is 0. The Morgan fingerprint density at radius 1 is 1.23 bits per heavy atom. The summed E-state index contributed by atoms with van der Waals surface area (Å²) in [5.41, 5.74) is 2.24. The molecule has 2 heterocycles. The standard InChI is InChI=1S/C18H15F3O4S/c19-18(20,21)17(23)24-7-2-1-3-11-4-5-14-13(9-11)15(22)16-12(10-25-14)6-8-26-16/h4-6,8-9H,1-3,7,10H2. The van der Waals surface area contributed by atoms with Crippen LogP contribution in [0.5, 0.6) is 5.75 Å². The van der Waals surface area contributed by atoms with Crippen molar-refractivity contribution in [1.29, 1.82) is 0 Å². The summed E-state index contributed by atoms with van der Waals surface area (Å²) in [5, 5.41) is 1.85. The summed E-state index contributed by atoms with van der Waals surface area (Å²) < 4.78 is 45.9. The molecule has 1 aliphatic rings. The van der Waals surface area contributed by atoms with Crippen molar-refractivity contribution in [2.45, 2.75) is 32.0 Å². The van der Waals surface area contributed by atoms with Crippen LogP contribution in [0.1, 0.15) is 39.2 Å². The highest BCUT2D eigenvalue weighted by atomic mass is 32.1. The monoisotopic (exact) mass is 384 g/mol. The third-order valence-electron chi connectivity index (χ3n) is 3.95. The molecular formula is C18H15F3O4S. The maximum Gasteiger partial charge on any atom is 0.490 e. The predicted octanol–water partition coefficient (Wildman–Crippen LogP) is 4.30. The third kappa shape index (κ3) is 4.07. The molecule has 0 spiro atoms. The van der Waals surface area contributed by atoms with Crippen LogP contribution in [0.25, 0.3) is 0 Å². The smallest absolute Gasteiger partial charge is 0.488 e. The minimum atomic E-state index is -4.96. The highest BCUT2D eigenvalue weighted by Crippen LogP contribution is 2.32. The molecule has 0 amide bonds. The van der Waals surface area contributed by atoms with Crippen molar-refractivity contribution in [2.24, 2.45) is 0 Å². The van der Waals surface area contributed by atoms with Crippen molar-refractivity contribution in [3.8, 4) is 5.75 Å². The van der Waals surface area contributed by atoms with E-state index in [1.54, 1.807) is 12.1 Å². The fraction of sp³-hybridized carbons (Fsp3) is 0.333. The number of fused-ring (bicyclic) bond motifs is 2. The van der Waals surface area contributed by atoms with Gasteiger partial charge in [0.15, 0.2) is 0 Å². The molecule has 0 saturated carbocycles. The highest BCUT2D eigenvalue weighted by Gasteiger charge is 2.40. The van der Waals surface area contributed by atoms with Crippen molar-refractivity contribution < 1.29 is 32.2 Å². The first kappa shape index (κ1) is 18.4. The van der Waals surface area contributed by atoms with Gasteiger partial charge in [0.1, 0.15) is 12.4 Å². The highest BCUT2D eigenvalue weighted by molar-refractivity contribution is 7.12. The van der Waals surface area contributed by atoms with Crippen molar-refractivity contribution >= 4 is 23.1 Å². The van der Waals surface area contributed by atoms with Crippen LogP contribution in [0.4, 0.5) is 13.2 Å². The van der Waals surface area contributed by atoms with E-state index >= 15 is 0 Å². The number of carbonyl (C=O) groups excluding carboxylic acids is 2. The second-order valence-electron chi connectivity index (χ2n) is 5.81. The number of unbranched alkanes of at least 4 members (excludes halogenated alkanes) is 1. The quantitative estimate of drug-likeness (QED) is 0.570. The molecule has 26 heavy (non-hydrogen) atoms. The van der Waals surface area contributed by atoms with E-state index in [1.165, 1.54) is 11.3 Å². The number of carbonyl (C=O) groups is 2. The van der Waals surface area contributed by atoms with Gasteiger partial charge >= 0.3 is 12.1 Å². The lowest BCUT2D eigenvalue weighted by molar-refractivity contribution is -0.199. The summed E-state index contributed by atoms with van der Waals surface area (Å²) in [5.74, 6) is -1.72. The van der Waals surface area contributed by atoms with Gasteiger partial charge in [0, 0.05) is 5.56 Å². The number of rotatable bonds is 5. The van der Waals surface area contributed by atoms with Gasteiger partial charge in [-0.1, -0.05) is 6.07 Å². The molecule has 4 nitrogen and oxygen atoms in total. The molecule has 0 radical (unpaired) electrons. The van der Waals surface area contributed by atoms with Crippen LogP contribution in [0.2, 0.25) is 0 Å². The summed E-state index contributed by atoms with van der Waals surface area (Å²) in [6.07, 6.45) is -3.57. The number of ketones is 1. The normalized spacial score (nSPS) is 13.4. The number of alkyl halides is 3. The molecule has 0 N–H and O–H groups in total. The second-order valence-corrected chi connectivity index (χ2v) is 6.73. The van der Waals surface area contributed by atoms with Gasteiger partial charge in [0.25, 0.3) is 0 Å². The fourth-order valence-electron chi connectivity index (χ4n) is 2.64. The van der Waals surface area contributed by atoms with E-state index in [4.69, 9.17) is 4.74 Å². The average Bonchev–Trinajstić information content (AvgIpc) is 3.02. The van der Waals surface area contributed by atoms with Gasteiger partial charge in [-0.3, -0.25) is 4.79 Å². The largest absolute Gasteiger partial charge is 0.490 e. The van der Waals surface area contributed by atoms with E-state index in [0.717, 1.165) is 11.1 Å². The molecule has 0 aliphatic carbocycles. The Morgan fingerprint density at radius 2 is 2.04 bits per heavy atom. The first-order valence-electron chi connectivity index (χ1n) is 7.97. The van der Waals surface area contributed by atoms with Gasteiger partial charge in [-0.25, -0.2) is 4.79 Å². The molecule has 1 aromatic carbocycles. The number of ether oxygens (including phenoxy) is 2. The van der Waals surface area contributed by atoms with Crippen LogP contribution in [-0.2, 0) is 22.6 Å². The Balaban J connectivity index is 1.58. The topological polar surface area (TPSA) is 52.6 Å². The van der Waals surface area contributed by atoms with Crippen LogP contribution >= 0.6 is 11.3 Å². The zero-order valence-electron chi connectivity index (χ0n) is 13.6.